The third-order valence-corrected chi connectivity index (χ3v) is 4.21. The Morgan fingerprint density at radius 3 is 2.45 bits per heavy atom. The number of benzene rings is 1. The second-order valence-corrected chi connectivity index (χ2v) is 6.20. The molecule has 1 atom stereocenters. The Morgan fingerprint density at radius 2 is 1.90 bits per heavy atom. The van der Waals surface area contributed by atoms with Crippen LogP contribution in [0.5, 0.6) is 0 Å². The average Bonchev–Trinajstić information content (AvgIpc) is 2.36. The summed E-state index contributed by atoms with van der Waals surface area (Å²) in [6, 6.07) is 4.02. The smallest absolute Gasteiger partial charge is 0.396 e. The largest absolute Gasteiger partial charge is 0.417 e. The van der Waals surface area contributed by atoms with E-state index in [-0.39, 0.29) is 19.1 Å². The topological polar surface area (TPSA) is 66.4 Å². The summed E-state index contributed by atoms with van der Waals surface area (Å²) in [5.41, 5.74) is -1.19. The Balaban J connectivity index is 2.99. The van der Waals surface area contributed by atoms with Gasteiger partial charge in [-0.2, -0.15) is 13.2 Å². The third kappa shape index (κ3) is 4.46. The molecule has 0 aromatic heterocycles. The van der Waals surface area contributed by atoms with E-state index in [1.165, 1.54) is 6.07 Å². The molecular formula is C12H16F3NO3S. The molecule has 0 bridgehead atoms. The van der Waals surface area contributed by atoms with E-state index in [4.69, 9.17) is 5.11 Å². The van der Waals surface area contributed by atoms with Crippen molar-refractivity contribution in [2.45, 2.75) is 24.4 Å². The van der Waals surface area contributed by atoms with E-state index in [1.54, 1.807) is 6.92 Å². The highest BCUT2D eigenvalue weighted by atomic mass is 32.2. The molecule has 0 fully saturated rings. The van der Waals surface area contributed by atoms with Gasteiger partial charge in [0.15, 0.2) is 0 Å². The van der Waals surface area contributed by atoms with E-state index < -0.39 is 26.7 Å². The maximum Gasteiger partial charge on any atom is 0.417 e. The van der Waals surface area contributed by atoms with Gasteiger partial charge in [0.1, 0.15) is 0 Å². The quantitative estimate of drug-likeness (QED) is 0.844. The third-order valence-electron chi connectivity index (χ3n) is 2.73. The summed E-state index contributed by atoms with van der Waals surface area (Å²) < 4.78 is 64.3. The molecule has 114 valence electrons. The zero-order valence-corrected chi connectivity index (χ0v) is 11.6. The maximum atomic E-state index is 12.8. The van der Waals surface area contributed by atoms with Gasteiger partial charge in [0.05, 0.1) is 10.5 Å². The SMILES string of the molecule is CC(CCO)CNS(=O)(=O)c1ccccc1C(F)(F)F. The van der Waals surface area contributed by atoms with Crippen LogP contribution in [0.3, 0.4) is 0 Å². The minimum Gasteiger partial charge on any atom is -0.396 e. The summed E-state index contributed by atoms with van der Waals surface area (Å²) >= 11 is 0. The van der Waals surface area contributed by atoms with Crippen LogP contribution in [-0.2, 0) is 16.2 Å². The average molecular weight is 311 g/mol. The van der Waals surface area contributed by atoms with Gasteiger partial charge < -0.3 is 5.11 Å². The van der Waals surface area contributed by atoms with E-state index in [0.29, 0.717) is 6.42 Å². The van der Waals surface area contributed by atoms with Crippen LogP contribution in [0.2, 0.25) is 0 Å². The van der Waals surface area contributed by atoms with Gasteiger partial charge in [-0.15, -0.1) is 0 Å². The molecule has 0 radical (unpaired) electrons. The summed E-state index contributed by atoms with van der Waals surface area (Å²) in [5.74, 6) is -0.173. The molecule has 0 spiro atoms. The van der Waals surface area contributed by atoms with Crippen molar-refractivity contribution in [3.63, 3.8) is 0 Å². The molecule has 1 unspecified atom stereocenters. The molecule has 4 nitrogen and oxygen atoms in total. The van der Waals surface area contributed by atoms with E-state index in [1.807, 2.05) is 0 Å². The van der Waals surface area contributed by atoms with Crippen LogP contribution in [-0.4, -0.2) is 26.7 Å². The maximum absolute atomic E-state index is 12.8. The molecule has 0 heterocycles. The van der Waals surface area contributed by atoms with Gasteiger partial charge >= 0.3 is 6.18 Å². The van der Waals surface area contributed by atoms with Crippen molar-refractivity contribution in [1.82, 2.24) is 4.72 Å². The Bertz CT molecular complexity index is 543. The van der Waals surface area contributed by atoms with Crippen LogP contribution in [0.15, 0.2) is 29.2 Å². The van der Waals surface area contributed by atoms with E-state index >= 15 is 0 Å². The van der Waals surface area contributed by atoms with Gasteiger partial charge in [-0.25, -0.2) is 13.1 Å². The van der Waals surface area contributed by atoms with Crippen molar-refractivity contribution >= 4 is 10.0 Å². The number of sulfonamides is 1. The van der Waals surface area contributed by atoms with E-state index in [0.717, 1.165) is 18.2 Å². The Kier molecular flexibility index (Phi) is 5.55. The van der Waals surface area contributed by atoms with E-state index in [9.17, 15) is 21.6 Å². The fourth-order valence-corrected chi connectivity index (χ4v) is 2.98. The van der Waals surface area contributed by atoms with Crippen LogP contribution in [0, 0.1) is 5.92 Å². The van der Waals surface area contributed by atoms with E-state index in [2.05, 4.69) is 4.72 Å². The fraction of sp³-hybridized carbons (Fsp3) is 0.500. The summed E-state index contributed by atoms with van der Waals surface area (Å²) in [4.78, 5) is -0.788. The van der Waals surface area contributed by atoms with Crippen molar-refractivity contribution in [3.8, 4) is 0 Å². The monoisotopic (exact) mass is 311 g/mol. The Labute approximate surface area is 115 Å². The first-order valence-electron chi connectivity index (χ1n) is 5.95. The number of aliphatic hydroxyl groups is 1. The summed E-state index contributed by atoms with van der Waals surface area (Å²) in [6.45, 7) is 1.55. The van der Waals surface area contributed by atoms with Gasteiger partial charge in [-0.05, 0) is 24.5 Å². The van der Waals surface area contributed by atoms with Crippen molar-refractivity contribution in [1.29, 1.82) is 0 Å². The van der Waals surface area contributed by atoms with Gasteiger partial charge in [-0.3, -0.25) is 0 Å². The van der Waals surface area contributed by atoms with Crippen LogP contribution in [0.1, 0.15) is 18.9 Å². The molecule has 8 heteroatoms. The Hall–Kier alpha value is -1.12. The molecular weight excluding hydrogens is 295 g/mol. The lowest BCUT2D eigenvalue weighted by molar-refractivity contribution is -0.139. The molecule has 0 aliphatic carbocycles. The highest BCUT2D eigenvalue weighted by molar-refractivity contribution is 7.89. The predicted octanol–water partition coefficient (Wildman–Crippen LogP) is 2.00. The minimum absolute atomic E-state index is 0.0327. The summed E-state index contributed by atoms with van der Waals surface area (Å²) in [5, 5.41) is 8.71. The van der Waals surface area contributed by atoms with Crippen molar-refractivity contribution in [2.75, 3.05) is 13.2 Å². The molecule has 1 aromatic rings. The molecule has 0 aliphatic heterocycles. The van der Waals surface area contributed by atoms with Crippen molar-refractivity contribution in [2.24, 2.45) is 5.92 Å². The van der Waals surface area contributed by atoms with Gasteiger partial charge in [0.2, 0.25) is 10.0 Å². The molecule has 0 saturated heterocycles. The normalized spacial score (nSPS) is 14.2. The predicted molar refractivity (Wildman–Crippen MR) is 67.5 cm³/mol. The minimum atomic E-state index is -4.73. The number of hydrogen-bond donors (Lipinski definition) is 2. The van der Waals surface area contributed by atoms with Crippen molar-refractivity contribution in [3.05, 3.63) is 29.8 Å². The van der Waals surface area contributed by atoms with Gasteiger partial charge in [0.25, 0.3) is 0 Å². The second-order valence-electron chi connectivity index (χ2n) is 4.46. The summed E-state index contributed by atoms with van der Waals surface area (Å²) in [6.07, 6.45) is -4.37. The second kappa shape index (κ2) is 6.55. The molecule has 0 saturated carbocycles. The zero-order valence-electron chi connectivity index (χ0n) is 10.8. The van der Waals surface area contributed by atoms with Crippen LogP contribution < -0.4 is 4.72 Å². The Morgan fingerprint density at radius 1 is 1.30 bits per heavy atom. The molecule has 1 rings (SSSR count). The molecule has 20 heavy (non-hydrogen) atoms. The first-order valence-corrected chi connectivity index (χ1v) is 7.43. The van der Waals surface area contributed by atoms with Gasteiger partial charge in [-0.1, -0.05) is 19.1 Å². The lowest BCUT2D eigenvalue weighted by Crippen LogP contribution is -2.30. The first kappa shape index (κ1) is 16.9. The fourth-order valence-electron chi connectivity index (χ4n) is 1.59. The zero-order chi connectivity index (χ0) is 15.4. The molecule has 0 aliphatic rings. The standard InChI is InChI=1S/C12H16F3NO3S/c1-9(6-7-17)8-16-20(18,19)11-5-3-2-4-10(11)12(13,14)15/h2-5,9,16-17H,6-8H2,1H3. The van der Waals surface area contributed by atoms with Crippen LogP contribution in [0.25, 0.3) is 0 Å². The molecule has 2 N–H and O–H groups in total. The number of hydrogen-bond acceptors (Lipinski definition) is 3. The molecule has 0 amide bonds. The highest BCUT2D eigenvalue weighted by Crippen LogP contribution is 2.33. The molecule has 1 aromatic carbocycles. The summed E-state index contributed by atoms with van der Waals surface area (Å²) in [7, 11) is -4.24. The number of alkyl halides is 3. The highest BCUT2D eigenvalue weighted by Gasteiger charge is 2.36. The van der Waals surface area contributed by atoms with Crippen LogP contribution in [0.4, 0.5) is 13.2 Å². The lowest BCUT2D eigenvalue weighted by Gasteiger charge is -2.15. The number of nitrogens with one attached hydrogen (secondary N) is 1. The lowest BCUT2D eigenvalue weighted by atomic mass is 10.1. The number of aliphatic hydroxyl groups excluding tert-OH is 1. The van der Waals surface area contributed by atoms with Crippen molar-refractivity contribution < 1.29 is 26.7 Å². The number of halogens is 3. The van der Waals surface area contributed by atoms with Crippen LogP contribution >= 0.6 is 0 Å². The first-order chi connectivity index (χ1) is 9.18. The number of rotatable bonds is 6. The van der Waals surface area contributed by atoms with Gasteiger partial charge in [0, 0.05) is 13.2 Å².